The summed E-state index contributed by atoms with van der Waals surface area (Å²) in [5.74, 6) is -0.247. The number of carbonyl (C=O) groups is 2. The van der Waals surface area contributed by atoms with Crippen LogP contribution in [0, 0.1) is 5.41 Å². The smallest absolute Gasteiger partial charge is 0.276 e. The molecule has 2 aliphatic heterocycles. The molecule has 2 saturated heterocycles. The van der Waals surface area contributed by atoms with E-state index in [0.29, 0.717) is 32.6 Å². The van der Waals surface area contributed by atoms with Gasteiger partial charge in [-0.3, -0.25) is 9.59 Å². The number of nitrogens with zero attached hydrogens (tertiary/aromatic N) is 3. The van der Waals surface area contributed by atoms with Gasteiger partial charge in [0.05, 0.1) is 6.10 Å². The number of likely N-dealkylation sites (tertiary alicyclic amines) is 2. The Kier molecular flexibility index (Phi) is 4.94. The van der Waals surface area contributed by atoms with Gasteiger partial charge in [0.15, 0.2) is 5.69 Å². The lowest BCUT2D eigenvalue weighted by atomic mass is 9.72. The first-order valence-electron chi connectivity index (χ1n) is 8.79. The Morgan fingerprint density at radius 3 is 2.72 bits per heavy atom. The van der Waals surface area contributed by atoms with Crippen LogP contribution in [0.25, 0.3) is 0 Å². The molecule has 0 aromatic carbocycles. The molecule has 1 atom stereocenters. The maximum Gasteiger partial charge on any atom is 0.276 e. The minimum Gasteiger partial charge on any atom is -0.505 e. The highest BCUT2D eigenvalue weighted by atomic mass is 16.3. The van der Waals surface area contributed by atoms with Crippen molar-refractivity contribution in [3.05, 3.63) is 24.0 Å². The number of rotatable bonds is 3. The third-order valence-electron chi connectivity index (χ3n) is 5.33. The molecule has 3 rings (SSSR count). The van der Waals surface area contributed by atoms with Crippen molar-refractivity contribution in [2.45, 2.75) is 38.7 Å². The largest absolute Gasteiger partial charge is 0.505 e. The molecule has 2 aliphatic rings. The average Bonchev–Trinajstić information content (AvgIpc) is 2.58. The zero-order valence-electron chi connectivity index (χ0n) is 14.5. The summed E-state index contributed by atoms with van der Waals surface area (Å²) in [6.07, 6.45) is 3.93. The predicted octanol–water partition coefficient (Wildman–Crippen LogP) is 1.01. The minimum atomic E-state index is -0.534. The summed E-state index contributed by atoms with van der Waals surface area (Å²) in [5, 5.41) is 19.4. The Balaban J connectivity index is 1.64. The summed E-state index contributed by atoms with van der Waals surface area (Å²) in [4.78, 5) is 32.1. The van der Waals surface area contributed by atoms with Crippen LogP contribution < -0.4 is 0 Å². The van der Waals surface area contributed by atoms with Crippen molar-refractivity contribution in [2.75, 3.05) is 26.2 Å². The maximum absolute atomic E-state index is 12.6. The molecule has 2 N–H and O–H groups in total. The molecule has 0 radical (unpaired) electrons. The molecule has 1 spiro atoms. The molecule has 25 heavy (non-hydrogen) atoms. The van der Waals surface area contributed by atoms with Crippen LogP contribution in [0.5, 0.6) is 5.75 Å². The Hall–Kier alpha value is -2.15. The normalized spacial score (nSPS) is 21.4. The van der Waals surface area contributed by atoms with E-state index < -0.39 is 6.10 Å². The number of hydrogen-bond donors (Lipinski definition) is 2. The van der Waals surface area contributed by atoms with Crippen LogP contribution >= 0.6 is 0 Å². The van der Waals surface area contributed by atoms with Gasteiger partial charge >= 0.3 is 0 Å². The summed E-state index contributed by atoms with van der Waals surface area (Å²) in [7, 11) is 0. The molecule has 2 fully saturated rings. The lowest BCUT2D eigenvalue weighted by Crippen LogP contribution is -2.53. The van der Waals surface area contributed by atoms with E-state index >= 15 is 0 Å². The molecule has 0 aliphatic carbocycles. The second-order valence-corrected chi connectivity index (χ2v) is 7.29. The number of aliphatic hydroxyl groups excluding tert-OH is 1. The molecule has 0 saturated carbocycles. The van der Waals surface area contributed by atoms with E-state index in [-0.39, 0.29) is 28.7 Å². The molecular formula is C18H25N3O4. The fourth-order valence-electron chi connectivity index (χ4n) is 3.89. The van der Waals surface area contributed by atoms with E-state index in [4.69, 9.17) is 0 Å². The van der Waals surface area contributed by atoms with Crippen LogP contribution in [0.15, 0.2) is 18.3 Å². The van der Waals surface area contributed by atoms with Gasteiger partial charge in [-0.25, -0.2) is 4.98 Å². The van der Waals surface area contributed by atoms with E-state index in [1.165, 1.54) is 12.3 Å². The number of hydrogen-bond acceptors (Lipinski definition) is 5. The molecule has 0 unspecified atom stereocenters. The number of piperidine rings is 2. The molecule has 136 valence electrons. The van der Waals surface area contributed by atoms with Gasteiger partial charge in [-0.05, 0) is 43.7 Å². The second-order valence-electron chi connectivity index (χ2n) is 7.29. The van der Waals surface area contributed by atoms with Crippen molar-refractivity contribution in [1.29, 1.82) is 0 Å². The number of β-amino-alcohol motifs (C(OH)–C–C–N with tert-alkyl or cyclic N) is 1. The lowest BCUT2D eigenvalue weighted by molar-refractivity contribution is -0.140. The zero-order chi connectivity index (χ0) is 18.0. The van der Waals surface area contributed by atoms with E-state index in [1.54, 1.807) is 22.8 Å². The highest BCUT2D eigenvalue weighted by Crippen LogP contribution is 2.40. The standard InChI is InChI=1S/C18H25N3O4/c1-13(22)11-21-12-18(5-4-15(21)24)6-9-20(10-7-18)17(25)16-14(23)3-2-8-19-16/h2-3,8,13,22-23H,4-7,9-12H2,1H3/t13-/m1/s1. The van der Waals surface area contributed by atoms with Crippen LogP contribution in [-0.2, 0) is 4.79 Å². The van der Waals surface area contributed by atoms with Crippen LogP contribution in [0.4, 0.5) is 0 Å². The van der Waals surface area contributed by atoms with E-state index in [9.17, 15) is 19.8 Å². The summed E-state index contributed by atoms with van der Waals surface area (Å²) < 4.78 is 0. The lowest BCUT2D eigenvalue weighted by Gasteiger charge is -2.47. The average molecular weight is 347 g/mol. The molecule has 1 aromatic rings. The van der Waals surface area contributed by atoms with Crippen molar-refractivity contribution >= 4 is 11.8 Å². The molecular weight excluding hydrogens is 322 g/mol. The number of aliphatic hydroxyl groups is 1. The molecule has 7 nitrogen and oxygen atoms in total. The first kappa shape index (κ1) is 17.7. The highest BCUT2D eigenvalue weighted by molar-refractivity contribution is 5.94. The van der Waals surface area contributed by atoms with Crippen molar-refractivity contribution < 1.29 is 19.8 Å². The summed E-state index contributed by atoms with van der Waals surface area (Å²) >= 11 is 0. The molecule has 7 heteroatoms. The third kappa shape index (κ3) is 3.76. The number of amides is 2. The van der Waals surface area contributed by atoms with Gasteiger partial charge in [0.2, 0.25) is 5.91 Å². The van der Waals surface area contributed by atoms with Gasteiger partial charge in [0.25, 0.3) is 5.91 Å². The SMILES string of the molecule is C[C@@H](O)CN1CC2(CCC1=O)CCN(C(=O)c1ncccc1O)CC2. The zero-order valence-corrected chi connectivity index (χ0v) is 14.5. The molecule has 2 amide bonds. The summed E-state index contributed by atoms with van der Waals surface area (Å²) in [6, 6.07) is 3.06. The Morgan fingerprint density at radius 2 is 2.08 bits per heavy atom. The Morgan fingerprint density at radius 1 is 1.36 bits per heavy atom. The Labute approximate surface area is 147 Å². The van der Waals surface area contributed by atoms with Gasteiger partial charge in [0, 0.05) is 38.8 Å². The van der Waals surface area contributed by atoms with E-state index in [2.05, 4.69) is 4.98 Å². The number of pyridine rings is 1. The van der Waals surface area contributed by atoms with Crippen LogP contribution in [0.3, 0.4) is 0 Å². The highest BCUT2D eigenvalue weighted by Gasteiger charge is 2.42. The fraction of sp³-hybridized carbons (Fsp3) is 0.611. The quantitative estimate of drug-likeness (QED) is 0.851. The molecule has 1 aromatic heterocycles. The second kappa shape index (κ2) is 7.00. The third-order valence-corrected chi connectivity index (χ3v) is 5.33. The Bertz CT molecular complexity index is 653. The van der Waals surface area contributed by atoms with Crippen molar-refractivity contribution in [3.63, 3.8) is 0 Å². The first-order chi connectivity index (χ1) is 11.9. The number of aromatic nitrogens is 1. The van der Waals surface area contributed by atoms with Crippen molar-refractivity contribution in [1.82, 2.24) is 14.8 Å². The van der Waals surface area contributed by atoms with Crippen LogP contribution in [0.1, 0.15) is 43.1 Å². The molecule has 0 bridgehead atoms. The molecule has 3 heterocycles. The number of aromatic hydroxyl groups is 1. The summed E-state index contributed by atoms with van der Waals surface area (Å²) in [5.41, 5.74) is 0.110. The predicted molar refractivity (Wildman–Crippen MR) is 91.0 cm³/mol. The van der Waals surface area contributed by atoms with Gasteiger partial charge in [-0.15, -0.1) is 0 Å². The van der Waals surface area contributed by atoms with Gasteiger partial charge < -0.3 is 20.0 Å². The van der Waals surface area contributed by atoms with Crippen molar-refractivity contribution in [3.8, 4) is 5.75 Å². The van der Waals surface area contributed by atoms with E-state index in [1.807, 2.05) is 0 Å². The van der Waals surface area contributed by atoms with Gasteiger partial charge in [-0.1, -0.05) is 0 Å². The summed E-state index contributed by atoms with van der Waals surface area (Å²) in [6.45, 7) is 3.88. The van der Waals surface area contributed by atoms with Crippen LogP contribution in [0.2, 0.25) is 0 Å². The topological polar surface area (TPSA) is 94.0 Å². The van der Waals surface area contributed by atoms with Crippen LogP contribution in [-0.4, -0.2) is 69.1 Å². The van der Waals surface area contributed by atoms with Crippen molar-refractivity contribution in [2.24, 2.45) is 5.41 Å². The first-order valence-corrected chi connectivity index (χ1v) is 8.79. The fourth-order valence-corrected chi connectivity index (χ4v) is 3.89. The maximum atomic E-state index is 12.6. The van der Waals surface area contributed by atoms with E-state index in [0.717, 1.165) is 19.3 Å². The minimum absolute atomic E-state index is 0.0196. The monoisotopic (exact) mass is 347 g/mol. The number of carbonyl (C=O) groups excluding carboxylic acids is 2. The van der Waals surface area contributed by atoms with Gasteiger partial charge in [0.1, 0.15) is 5.75 Å². The van der Waals surface area contributed by atoms with Gasteiger partial charge in [-0.2, -0.15) is 0 Å².